The summed E-state index contributed by atoms with van der Waals surface area (Å²) in [6.45, 7) is 5.28. The van der Waals surface area contributed by atoms with Crippen LogP contribution in [-0.2, 0) is 0 Å². The minimum absolute atomic E-state index is 0.177. The fourth-order valence-corrected chi connectivity index (χ4v) is 1.90. The van der Waals surface area contributed by atoms with Gasteiger partial charge in [-0.05, 0) is 56.2 Å². The lowest BCUT2D eigenvalue weighted by Gasteiger charge is -2.10. The Morgan fingerprint density at radius 3 is 2.40 bits per heavy atom. The van der Waals surface area contributed by atoms with Crippen molar-refractivity contribution in [1.29, 1.82) is 0 Å². The number of furan rings is 1. The van der Waals surface area contributed by atoms with Crippen molar-refractivity contribution in [2.45, 2.75) is 20.8 Å². The quantitative estimate of drug-likeness (QED) is 0.900. The first kappa shape index (κ1) is 13.9. The van der Waals surface area contributed by atoms with Crippen molar-refractivity contribution in [2.75, 3.05) is 5.32 Å². The number of carboxylic acids is 1. The molecule has 0 aliphatic heterocycles. The van der Waals surface area contributed by atoms with E-state index in [2.05, 4.69) is 5.32 Å². The number of anilines is 1. The average molecular weight is 273 g/mol. The number of carboxylic acid groups (broad SMARTS) is 1. The maximum atomic E-state index is 12.0. The molecule has 0 unspecified atom stereocenters. The van der Waals surface area contributed by atoms with E-state index in [9.17, 15) is 9.59 Å². The van der Waals surface area contributed by atoms with Crippen molar-refractivity contribution >= 4 is 17.6 Å². The van der Waals surface area contributed by atoms with Crippen LogP contribution in [0.4, 0.5) is 5.69 Å². The van der Waals surface area contributed by atoms with Gasteiger partial charge in [0.15, 0.2) is 5.76 Å². The van der Waals surface area contributed by atoms with Gasteiger partial charge >= 0.3 is 5.97 Å². The molecule has 2 rings (SSSR count). The summed E-state index contributed by atoms with van der Waals surface area (Å²) in [5.41, 5.74) is 2.10. The van der Waals surface area contributed by atoms with Crippen LogP contribution in [0.2, 0.25) is 0 Å². The highest BCUT2D eigenvalue weighted by molar-refractivity contribution is 6.03. The summed E-state index contributed by atoms with van der Waals surface area (Å²) in [5.74, 6) is -0.590. The minimum atomic E-state index is -1.02. The number of amides is 1. The molecule has 5 heteroatoms. The van der Waals surface area contributed by atoms with E-state index in [1.54, 1.807) is 39.0 Å². The van der Waals surface area contributed by atoms with Crippen molar-refractivity contribution in [3.8, 4) is 0 Å². The van der Waals surface area contributed by atoms with E-state index >= 15 is 0 Å². The second-order valence-corrected chi connectivity index (χ2v) is 4.64. The molecule has 104 valence electrons. The number of benzene rings is 1. The zero-order valence-corrected chi connectivity index (χ0v) is 11.5. The topological polar surface area (TPSA) is 79.5 Å². The number of nitrogens with one attached hydrogen (secondary N) is 1. The molecule has 0 radical (unpaired) electrons. The zero-order valence-electron chi connectivity index (χ0n) is 11.5. The van der Waals surface area contributed by atoms with Gasteiger partial charge in [-0.25, -0.2) is 4.79 Å². The molecule has 2 aromatic rings. The molecule has 1 aromatic heterocycles. The summed E-state index contributed by atoms with van der Waals surface area (Å²) in [7, 11) is 0. The largest absolute Gasteiger partial charge is 0.478 e. The van der Waals surface area contributed by atoms with Gasteiger partial charge in [0.2, 0.25) is 0 Å². The molecule has 1 heterocycles. The first-order valence-electron chi connectivity index (χ1n) is 6.11. The molecule has 0 saturated heterocycles. The van der Waals surface area contributed by atoms with Gasteiger partial charge in [0.25, 0.3) is 5.91 Å². The lowest BCUT2D eigenvalue weighted by atomic mass is 10.0. The molecule has 0 bridgehead atoms. The molecule has 1 aromatic carbocycles. The lowest BCUT2D eigenvalue weighted by molar-refractivity contribution is 0.0695. The number of carbonyl (C=O) groups is 2. The highest BCUT2D eigenvalue weighted by Crippen LogP contribution is 2.21. The number of hydrogen-bond donors (Lipinski definition) is 2. The van der Waals surface area contributed by atoms with Crippen molar-refractivity contribution in [2.24, 2.45) is 0 Å². The summed E-state index contributed by atoms with van der Waals surface area (Å²) >= 11 is 0. The summed E-state index contributed by atoms with van der Waals surface area (Å²) in [4.78, 5) is 23.1. The predicted molar refractivity (Wildman–Crippen MR) is 74.3 cm³/mol. The second-order valence-electron chi connectivity index (χ2n) is 4.64. The molecule has 0 spiro atoms. The first-order chi connectivity index (χ1) is 9.38. The third-order valence-electron chi connectivity index (χ3n) is 3.12. The molecule has 0 fully saturated rings. The highest BCUT2D eigenvalue weighted by atomic mass is 16.4. The maximum Gasteiger partial charge on any atom is 0.336 e. The van der Waals surface area contributed by atoms with Gasteiger partial charge in [-0.2, -0.15) is 0 Å². The van der Waals surface area contributed by atoms with Gasteiger partial charge in [-0.3, -0.25) is 4.79 Å². The Bertz CT molecular complexity index is 685. The molecule has 20 heavy (non-hydrogen) atoms. The fraction of sp³-hybridized carbons (Fsp3) is 0.200. The van der Waals surface area contributed by atoms with Crippen LogP contribution >= 0.6 is 0 Å². The Balaban J connectivity index is 2.30. The van der Waals surface area contributed by atoms with Crippen LogP contribution in [-0.4, -0.2) is 17.0 Å². The Morgan fingerprint density at radius 1 is 1.15 bits per heavy atom. The monoisotopic (exact) mass is 273 g/mol. The van der Waals surface area contributed by atoms with E-state index in [4.69, 9.17) is 9.52 Å². The first-order valence-corrected chi connectivity index (χ1v) is 6.11. The molecule has 1 amide bonds. The third kappa shape index (κ3) is 2.71. The summed E-state index contributed by atoms with van der Waals surface area (Å²) in [6.07, 6.45) is 0. The summed E-state index contributed by atoms with van der Waals surface area (Å²) in [6, 6.07) is 6.44. The van der Waals surface area contributed by atoms with E-state index in [0.29, 0.717) is 17.0 Å². The van der Waals surface area contributed by atoms with Gasteiger partial charge in [0.05, 0.1) is 5.56 Å². The summed E-state index contributed by atoms with van der Waals surface area (Å²) in [5, 5.41) is 11.8. The van der Waals surface area contributed by atoms with E-state index in [1.807, 2.05) is 0 Å². The Hall–Kier alpha value is -2.56. The maximum absolute atomic E-state index is 12.0. The van der Waals surface area contributed by atoms with Crippen LogP contribution < -0.4 is 5.32 Å². The minimum Gasteiger partial charge on any atom is -0.478 e. The Morgan fingerprint density at radius 2 is 1.85 bits per heavy atom. The number of rotatable bonds is 3. The number of carbonyl (C=O) groups excluding carboxylic acids is 1. The van der Waals surface area contributed by atoms with Crippen LogP contribution in [0.15, 0.2) is 28.7 Å². The van der Waals surface area contributed by atoms with Crippen LogP contribution in [0.5, 0.6) is 0 Å². The number of hydrogen-bond acceptors (Lipinski definition) is 3. The normalized spacial score (nSPS) is 10.3. The molecule has 0 aliphatic carbocycles. The van der Waals surface area contributed by atoms with Gasteiger partial charge in [-0.15, -0.1) is 0 Å². The lowest BCUT2D eigenvalue weighted by Crippen LogP contribution is -2.12. The predicted octanol–water partition coefficient (Wildman–Crippen LogP) is 3.16. The smallest absolute Gasteiger partial charge is 0.336 e. The van der Waals surface area contributed by atoms with Gasteiger partial charge in [0, 0.05) is 5.69 Å². The Kier molecular flexibility index (Phi) is 3.61. The molecule has 2 N–H and O–H groups in total. The number of aryl methyl sites for hydroxylation is 2. The molecule has 0 atom stereocenters. The molecule has 0 aliphatic rings. The number of aromatic carboxylic acids is 1. The average Bonchev–Trinajstić information content (AvgIpc) is 2.80. The molecule has 0 saturated carbocycles. The van der Waals surface area contributed by atoms with E-state index in [0.717, 1.165) is 5.56 Å². The van der Waals surface area contributed by atoms with Crippen molar-refractivity contribution in [1.82, 2.24) is 0 Å². The second kappa shape index (κ2) is 5.21. The Labute approximate surface area is 116 Å². The standard InChI is InChI=1S/C15H15NO4/c1-8-6-11(7-12(10(8)3)15(18)19)16-14(17)13-5-4-9(2)20-13/h4-7H,1-3H3,(H,16,17)(H,18,19). The van der Waals surface area contributed by atoms with Crippen LogP contribution in [0, 0.1) is 20.8 Å². The SMILES string of the molecule is Cc1ccc(C(=O)Nc2cc(C)c(C)c(C(=O)O)c2)o1. The van der Waals surface area contributed by atoms with Gasteiger partial charge < -0.3 is 14.8 Å². The highest BCUT2D eigenvalue weighted by Gasteiger charge is 2.14. The van der Waals surface area contributed by atoms with E-state index < -0.39 is 11.9 Å². The van der Waals surface area contributed by atoms with Gasteiger partial charge in [-0.1, -0.05) is 0 Å². The van der Waals surface area contributed by atoms with Crippen molar-refractivity contribution in [3.63, 3.8) is 0 Å². The van der Waals surface area contributed by atoms with Crippen molar-refractivity contribution < 1.29 is 19.1 Å². The zero-order chi connectivity index (χ0) is 14.9. The fourth-order valence-electron chi connectivity index (χ4n) is 1.90. The van der Waals surface area contributed by atoms with E-state index in [-0.39, 0.29) is 11.3 Å². The molecular formula is C15H15NO4. The summed E-state index contributed by atoms with van der Waals surface area (Å²) < 4.78 is 5.22. The third-order valence-corrected chi connectivity index (χ3v) is 3.12. The molecular weight excluding hydrogens is 258 g/mol. The van der Waals surface area contributed by atoms with Crippen LogP contribution in [0.3, 0.4) is 0 Å². The van der Waals surface area contributed by atoms with E-state index in [1.165, 1.54) is 6.07 Å². The van der Waals surface area contributed by atoms with Crippen LogP contribution in [0.25, 0.3) is 0 Å². The molecule has 5 nitrogen and oxygen atoms in total. The van der Waals surface area contributed by atoms with Gasteiger partial charge in [0.1, 0.15) is 5.76 Å². The van der Waals surface area contributed by atoms with Crippen LogP contribution in [0.1, 0.15) is 37.8 Å². The van der Waals surface area contributed by atoms with Crippen molar-refractivity contribution in [3.05, 3.63) is 52.5 Å².